The van der Waals surface area contributed by atoms with Crippen LogP contribution in [0.5, 0.6) is 5.75 Å². The van der Waals surface area contributed by atoms with Gasteiger partial charge in [0.15, 0.2) is 11.6 Å². The molecular formula is C34H37FO7. The standard InChI is InChI=1S/C34H37FO7/c1-2-3-4-5-8-19-11-13-20(14-12-19)21-15-16-26(25(35)17-21)40-31-28(24-18-27(36)41-32(24)37)22-9-6-7-10-23(22)29-30(31)34(39)42-33(29)38/h6-7,9-10,15-17,19-20,24,28-31H,2-5,8,11-14,18H2,1H3. The summed E-state index contributed by atoms with van der Waals surface area (Å²) in [6.07, 6.45) is 9.41. The molecule has 222 valence electrons. The highest BCUT2D eigenvalue weighted by atomic mass is 19.1. The zero-order chi connectivity index (χ0) is 29.4. The van der Waals surface area contributed by atoms with Crippen molar-refractivity contribution in [1.82, 2.24) is 0 Å². The van der Waals surface area contributed by atoms with E-state index in [4.69, 9.17) is 14.2 Å². The lowest BCUT2D eigenvalue weighted by molar-refractivity contribution is -0.156. The van der Waals surface area contributed by atoms with Crippen molar-refractivity contribution < 1.29 is 37.8 Å². The number of halogens is 1. The molecule has 0 bridgehead atoms. The van der Waals surface area contributed by atoms with Crippen molar-refractivity contribution in [3.8, 4) is 5.75 Å². The van der Waals surface area contributed by atoms with Gasteiger partial charge in [-0.2, -0.15) is 0 Å². The van der Waals surface area contributed by atoms with Crippen LogP contribution in [0.4, 0.5) is 4.39 Å². The molecule has 5 unspecified atom stereocenters. The number of unbranched alkanes of at least 4 members (excludes halogenated alkanes) is 3. The highest BCUT2D eigenvalue weighted by molar-refractivity contribution is 6.01. The smallest absolute Gasteiger partial charge is 0.322 e. The zero-order valence-corrected chi connectivity index (χ0v) is 23.9. The molecule has 2 heterocycles. The van der Waals surface area contributed by atoms with Crippen LogP contribution in [0.3, 0.4) is 0 Å². The number of carbonyl (C=O) groups excluding carboxylic acids is 4. The molecule has 2 aromatic rings. The average Bonchev–Trinajstić information content (AvgIpc) is 3.48. The van der Waals surface area contributed by atoms with Gasteiger partial charge in [0.05, 0.1) is 18.3 Å². The fourth-order valence-corrected chi connectivity index (χ4v) is 7.67. The minimum absolute atomic E-state index is 0.0682. The van der Waals surface area contributed by atoms with Crippen LogP contribution in [0.25, 0.3) is 0 Å². The second kappa shape index (κ2) is 12.0. The number of ether oxygens (including phenoxy) is 3. The fraction of sp³-hybridized carbons (Fsp3) is 0.529. The molecule has 2 aliphatic heterocycles. The molecule has 42 heavy (non-hydrogen) atoms. The van der Waals surface area contributed by atoms with Crippen LogP contribution in [0.1, 0.15) is 106 Å². The summed E-state index contributed by atoms with van der Waals surface area (Å²) in [4.78, 5) is 50.7. The van der Waals surface area contributed by atoms with Gasteiger partial charge in [-0.05, 0) is 66.3 Å². The number of esters is 4. The second-order valence-electron chi connectivity index (χ2n) is 12.3. The number of cyclic esters (lactones) is 4. The van der Waals surface area contributed by atoms with Crippen LogP contribution >= 0.6 is 0 Å². The quantitative estimate of drug-likeness (QED) is 0.191. The maximum Gasteiger partial charge on any atom is 0.322 e. The van der Waals surface area contributed by atoms with Gasteiger partial charge in [0.25, 0.3) is 0 Å². The summed E-state index contributed by atoms with van der Waals surface area (Å²) in [5.74, 6) is -6.27. The van der Waals surface area contributed by atoms with E-state index in [1.165, 1.54) is 38.2 Å². The van der Waals surface area contributed by atoms with Crippen molar-refractivity contribution in [1.29, 1.82) is 0 Å². The molecule has 1 saturated carbocycles. The third kappa shape index (κ3) is 5.36. The number of benzene rings is 2. The molecule has 2 aromatic carbocycles. The Hall–Kier alpha value is -3.55. The summed E-state index contributed by atoms with van der Waals surface area (Å²) in [7, 11) is 0. The molecule has 8 heteroatoms. The molecule has 6 rings (SSSR count). The van der Waals surface area contributed by atoms with Gasteiger partial charge in [0.2, 0.25) is 0 Å². The molecule has 2 saturated heterocycles. The van der Waals surface area contributed by atoms with E-state index in [0.717, 1.165) is 37.2 Å². The predicted octanol–water partition coefficient (Wildman–Crippen LogP) is 6.49. The summed E-state index contributed by atoms with van der Waals surface area (Å²) in [5, 5.41) is 0. The first-order valence-electron chi connectivity index (χ1n) is 15.4. The zero-order valence-electron chi connectivity index (χ0n) is 23.9. The monoisotopic (exact) mass is 576 g/mol. The first-order chi connectivity index (χ1) is 20.4. The number of carbonyl (C=O) groups is 4. The van der Waals surface area contributed by atoms with Gasteiger partial charge in [-0.15, -0.1) is 0 Å². The van der Waals surface area contributed by atoms with Crippen molar-refractivity contribution in [3.63, 3.8) is 0 Å². The molecule has 4 aliphatic rings. The van der Waals surface area contributed by atoms with Crippen LogP contribution in [0.2, 0.25) is 0 Å². The summed E-state index contributed by atoms with van der Waals surface area (Å²) in [6.45, 7) is 2.22. The minimum Gasteiger partial charge on any atom is -0.486 e. The SMILES string of the molecule is CCCCCCC1CCC(c2ccc(OC3C4C(=O)OC(=O)C4c4ccccc4C3C3CC(=O)OC3=O)c(F)c2)CC1. The molecule has 5 atom stereocenters. The highest BCUT2D eigenvalue weighted by Gasteiger charge is 2.60. The molecule has 0 aromatic heterocycles. The van der Waals surface area contributed by atoms with E-state index in [0.29, 0.717) is 11.1 Å². The van der Waals surface area contributed by atoms with Crippen LogP contribution in [-0.4, -0.2) is 30.0 Å². The Bertz CT molecular complexity index is 1380. The number of hydrogen-bond donors (Lipinski definition) is 0. The third-order valence-electron chi connectivity index (χ3n) is 9.82. The van der Waals surface area contributed by atoms with Crippen LogP contribution in [0, 0.1) is 23.6 Å². The number of hydrogen-bond acceptors (Lipinski definition) is 7. The molecule has 3 fully saturated rings. The Morgan fingerprint density at radius 3 is 2.29 bits per heavy atom. The van der Waals surface area contributed by atoms with Crippen LogP contribution < -0.4 is 4.74 Å². The third-order valence-corrected chi connectivity index (χ3v) is 9.82. The Morgan fingerprint density at radius 2 is 1.60 bits per heavy atom. The van der Waals surface area contributed by atoms with E-state index in [1.807, 2.05) is 6.07 Å². The maximum absolute atomic E-state index is 15.7. The lowest BCUT2D eigenvalue weighted by Crippen LogP contribution is -2.46. The van der Waals surface area contributed by atoms with E-state index >= 15 is 4.39 Å². The van der Waals surface area contributed by atoms with Crippen molar-refractivity contribution in [2.75, 3.05) is 0 Å². The van der Waals surface area contributed by atoms with Gasteiger partial charge in [0.1, 0.15) is 12.0 Å². The minimum atomic E-state index is -1.12. The predicted molar refractivity (Wildman–Crippen MR) is 150 cm³/mol. The van der Waals surface area contributed by atoms with E-state index in [1.54, 1.807) is 30.3 Å². The van der Waals surface area contributed by atoms with Gasteiger partial charge in [-0.1, -0.05) is 69.4 Å². The second-order valence-corrected chi connectivity index (χ2v) is 12.3. The van der Waals surface area contributed by atoms with E-state index in [-0.39, 0.29) is 18.1 Å². The van der Waals surface area contributed by atoms with Crippen molar-refractivity contribution in [2.24, 2.45) is 17.8 Å². The van der Waals surface area contributed by atoms with Crippen molar-refractivity contribution >= 4 is 23.9 Å². The molecular weight excluding hydrogens is 539 g/mol. The first kappa shape index (κ1) is 28.6. The van der Waals surface area contributed by atoms with Gasteiger partial charge in [-0.3, -0.25) is 19.2 Å². The molecule has 7 nitrogen and oxygen atoms in total. The lowest BCUT2D eigenvalue weighted by Gasteiger charge is -2.40. The molecule has 0 N–H and O–H groups in total. The Morgan fingerprint density at radius 1 is 0.833 bits per heavy atom. The van der Waals surface area contributed by atoms with E-state index < -0.39 is 59.5 Å². The van der Waals surface area contributed by atoms with E-state index in [9.17, 15) is 19.2 Å². The van der Waals surface area contributed by atoms with Crippen molar-refractivity contribution in [2.45, 2.75) is 95.0 Å². The summed E-state index contributed by atoms with van der Waals surface area (Å²) >= 11 is 0. The summed E-state index contributed by atoms with van der Waals surface area (Å²) in [6, 6.07) is 11.9. The molecule has 2 aliphatic carbocycles. The first-order valence-corrected chi connectivity index (χ1v) is 15.4. The van der Waals surface area contributed by atoms with Crippen LogP contribution in [0.15, 0.2) is 42.5 Å². The Labute approximate surface area is 245 Å². The summed E-state index contributed by atoms with van der Waals surface area (Å²) < 4.78 is 31.8. The number of rotatable bonds is 9. The largest absolute Gasteiger partial charge is 0.486 e. The normalized spacial score (nSPS) is 30.5. The van der Waals surface area contributed by atoms with Gasteiger partial charge >= 0.3 is 23.9 Å². The molecule has 0 spiro atoms. The van der Waals surface area contributed by atoms with Gasteiger partial charge in [0, 0.05) is 5.92 Å². The Balaban J connectivity index is 1.25. The lowest BCUT2D eigenvalue weighted by atomic mass is 9.65. The molecule has 0 radical (unpaired) electrons. The summed E-state index contributed by atoms with van der Waals surface area (Å²) in [5.41, 5.74) is 2.07. The fourth-order valence-electron chi connectivity index (χ4n) is 7.67. The topological polar surface area (TPSA) is 96.0 Å². The highest BCUT2D eigenvalue weighted by Crippen LogP contribution is 2.52. The average molecular weight is 577 g/mol. The number of fused-ring (bicyclic) bond motifs is 3. The van der Waals surface area contributed by atoms with E-state index in [2.05, 4.69) is 6.92 Å². The van der Waals surface area contributed by atoms with Crippen molar-refractivity contribution in [3.05, 3.63) is 65.0 Å². The van der Waals surface area contributed by atoms with Gasteiger partial charge in [-0.25, -0.2) is 4.39 Å². The maximum atomic E-state index is 15.7. The van der Waals surface area contributed by atoms with Crippen LogP contribution in [-0.2, 0) is 28.7 Å². The van der Waals surface area contributed by atoms with Gasteiger partial charge < -0.3 is 14.2 Å². The molecule has 0 amide bonds. The Kier molecular flexibility index (Phi) is 8.15.